The minimum atomic E-state index is -1.44. The molecule has 0 fully saturated rings. The summed E-state index contributed by atoms with van der Waals surface area (Å²) in [5, 5.41) is 32.0. The van der Waals surface area contributed by atoms with Crippen molar-refractivity contribution in [3.05, 3.63) is 263 Å². The van der Waals surface area contributed by atoms with Crippen molar-refractivity contribution >= 4 is 113 Å². The molecule has 770 valence electrons. The molecule has 8 aromatic rings. The molecule has 0 saturated heterocycles. The van der Waals surface area contributed by atoms with Crippen LogP contribution in [0.3, 0.4) is 0 Å². The quantitative estimate of drug-likeness (QED) is 0.00420. The maximum absolute atomic E-state index is 14.1. The Hall–Kier alpha value is -13.2. The minimum absolute atomic E-state index is 0.0812. The minimum Gasteiger partial charge on any atom is -0.497 e. The average molecular weight is 2000 g/mol. The molecule has 8 rings (SSSR count). The van der Waals surface area contributed by atoms with Crippen LogP contribution in [0.5, 0.6) is 5.75 Å². The van der Waals surface area contributed by atoms with Crippen LogP contribution >= 0.6 is 0 Å². The number of rotatable bonds is 55. The molecule has 0 aromatic heterocycles. The van der Waals surface area contributed by atoms with Crippen LogP contribution in [0.15, 0.2) is 228 Å². The van der Waals surface area contributed by atoms with Crippen LogP contribution in [0.1, 0.15) is 136 Å². The summed E-state index contributed by atoms with van der Waals surface area (Å²) < 4.78 is 21.6. The monoisotopic (exact) mass is 2000 g/mol. The number of amides is 10. The maximum atomic E-state index is 14.1. The van der Waals surface area contributed by atoms with Gasteiger partial charge in [0.15, 0.2) is 11.9 Å². The van der Waals surface area contributed by atoms with Gasteiger partial charge in [-0.25, -0.2) is 14.4 Å². The number of hydrogen-bond acceptors (Lipinski definition) is 18. The predicted octanol–water partition coefficient (Wildman–Crippen LogP) is 14.3. The van der Waals surface area contributed by atoms with Crippen molar-refractivity contribution in [2.75, 3.05) is 69.1 Å². The average Bonchev–Trinajstić information content (AvgIpc) is 0.753. The number of nitrogens with zero attached hydrogens (tertiary/aromatic N) is 2. The molecule has 0 aliphatic carbocycles. The molecule has 32 nitrogen and oxygen atoms in total. The van der Waals surface area contributed by atoms with Crippen LogP contribution in [0.2, 0.25) is 77.1 Å². The number of aliphatic imine (C=N–C) groups is 2. The van der Waals surface area contributed by atoms with Crippen LogP contribution in [-0.2, 0) is 85.4 Å². The molecule has 0 radical (unpaired) electrons. The number of carbonyl (C=O) groups is 10. The lowest BCUT2D eigenvalue weighted by atomic mass is 9.77. The highest BCUT2D eigenvalue weighted by atomic mass is 28.3. The summed E-state index contributed by atoms with van der Waals surface area (Å²) in [6.07, 6.45) is 5.79. The second-order valence-corrected chi connectivity index (χ2v) is 55.5. The third-order valence-corrected chi connectivity index (χ3v) is 28.4. The first-order chi connectivity index (χ1) is 67.7. The van der Waals surface area contributed by atoms with Gasteiger partial charge in [-0.05, 0) is 215 Å². The van der Waals surface area contributed by atoms with Crippen LogP contribution in [-0.4, -0.2) is 191 Å². The Morgan fingerprint density at radius 2 is 0.641 bits per heavy atom. The fourth-order valence-electron chi connectivity index (χ4n) is 14.7. The van der Waals surface area contributed by atoms with Gasteiger partial charge in [-0.3, -0.25) is 48.9 Å². The number of ether oxygens (including phenoxy) is 4. The van der Waals surface area contributed by atoms with Gasteiger partial charge in [-0.1, -0.05) is 250 Å². The SMILES string of the molecule is CCc1ccc(NC(=O)[C@H](CCCCN)NC(=O)[C@H](Cc2ccccc2)NC(=O)OCC[Si](C)(C)C)cc1.CCc1ccc(NC(=O)[C@H](CCCCNC(c2ccccc2)(c2ccccc2)c2ccc(OC)cc2)NC(=O)[C@H](Cc2ccccc2)NC(=O)OCC[Si](C)(C)C)cc1.CCc1ccc(NC(=O)[C@H](CCCN=C(N)N)NC(=O)[C@@H](CCCN=C(N)N)NC(=O)[C@H](C)NC(=O)OCC[Si](C)(C)C)cc1. The molecule has 8 aromatic carbocycles. The van der Waals surface area contributed by atoms with E-state index in [2.05, 4.69) is 178 Å². The Labute approximate surface area is 842 Å². The number of unbranched alkanes of at least 4 members (excludes halogenated alkanes) is 2. The van der Waals surface area contributed by atoms with Crippen LogP contribution < -0.4 is 91.9 Å². The Kier molecular flexibility index (Phi) is 51.4. The molecule has 0 saturated carbocycles. The zero-order chi connectivity index (χ0) is 104. The van der Waals surface area contributed by atoms with Gasteiger partial charge in [0.1, 0.15) is 48.0 Å². The summed E-state index contributed by atoms with van der Waals surface area (Å²) >= 11 is 0. The van der Waals surface area contributed by atoms with Crippen molar-refractivity contribution in [2.45, 2.75) is 249 Å². The molecule has 0 unspecified atom stereocenters. The summed E-state index contributed by atoms with van der Waals surface area (Å²) in [6.45, 7) is 29.8. The molecule has 7 atom stereocenters. The van der Waals surface area contributed by atoms with E-state index in [9.17, 15) is 47.9 Å². The van der Waals surface area contributed by atoms with Crippen molar-refractivity contribution in [3.8, 4) is 5.75 Å². The summed E-state index contributed by atoms with van der Waals surface area (Å²) in [4.78, 5) is 140. The zero-order valence-electron chi connectivity index (χ0n) is 85.5. The van der Waals surface area contributed by atoms with Gasteiger partial charge in [0.2, 0.25) is 41.4 Å². The lowest BCUT2D eigenvalue weighted by molar-refractivity contribution is -0.131. The van der Waals surface area contributed by atoms with Crippen LogP contribution in [0, 0.1) is 0 Å². The summed E-state index contributed by atoms with van der Waals surface area (Å²) in [7, 11) is -2.56. The number of hydrogen-bond donors (Lipinski definition) is 16. The van der Waals surface area contributed by atoms with Gasteiger partial charge < -0.3 is 101 Å². The molecule has 0 spiro atoms. The lowest BCUT2D eigenvalue weighted by Crippen LogP contribution is -2.55. The summed E-state index contributed by atoms with van der Waals surface area (Å²) in [6, 6.07) is 66.5. The number of benzene rings is 8. The first kappa shape index (κ1) is 117. The van der Waals surface area contributed by atoms with E-state index in [1.54, 1.807) is 19.2 Å². The number of aryl methyl sites for hydroxylation is 3. The Morgan fingerprint density at radius 3 is 0.965 bits per heavy atom. The molecule has 0 bridgehead atoms. The smallest absolute Gasteiger partial charge is 0.407 e. The highest BCUT2D eigenvalue weighted by molar-refractivity contribution is 6.76. The van der Waals surface area contributed by atoms with E-state index in [0.29, 0.717) is 81.7 Å². The highest BCUT2D eigenvalue weighted by Crippen LogP contribution is 2.38. The number of methoxy groups -OCH3 is 1. The third-order valence-electron chi connectivity index (χ3n) is 23.3. The zero-order valence-corrected chi connectivity index (χ0v) is 88.5. The normalized spacial score (nSPS) is 12.7. The molecule has 35 heteroatoms. The molecule has 142 heavy (non-hydrogen) atoms. The van der Waals surface area contributed by atoms with Crippen LogP contribution in [0.4, 0.5) is 31.4 Å². The van der Waals surface area contributed by atoms with Gasteiger partial charge in [-0.15, -0.1) is 0 Å². The molecule has 21 N–H and O–H groups in total. The predicted molar refractivity (Wildman–Crippen MR) is 577 cm³/mol. The molecule has 0 aliphatic heterocycles. The first-order valence-corrected chi connectivity index (χ1v) is 60.4. The second-order valence-electron chi connectivity index (χ2n) is 38.7. The van der Waals surface area contributed by atoms with E-state index < -0.39 is 120 Å². The van der Waals surface area contributed by atoms with E-state index in [4.69, 9.17) is 47.6 Å². The summed E-state index contributed by atoms with van der Waals surface area (Å²) in [5.74, 6) is -2.59. The Balaban J connectivity index is 0.000000336. The second kappa shape index (κ2) is 62.1. The Morgan fingerprint density at radius 1 is 0.338 bits per heavy atom. The van der Waals surface area contributed by atoms with Crippen molar-refractivity contribution in [2.24, 2.45) is 38.7 Å². The fourth-order valence-corrected chi connectivity index (χ4v) is 16.9. The number of alkyl carbamates (subject to hydrolysis) is 3. The number of nitrogens with one attached hydrogen (secondary N) is 11. The Bertz CT molecular complexity index is 5170. The number of carbonyl (C=O) groups excluding carboxylic acids is 10. The lowest BCUT2D eigenvalue weighted by Gasteiger charge is -2.37. The first-order valence-electron chi connectivity index (χ1n) is 49.3. The molecule has 0 aliphatic rings. The van der Waals surface area contributed by atoms with Gasteiger partial charge in [0.25, 0.3) is 0 Å². The van der Waals surface area contributed by atoms with E-state index in [1.807, 2.05) is 177 Å². The highest BCUT2D eigenvalue weighted by Gasteiger charge is 2.38. The standard InChI is InChI=1S/C49H60N4O5Si.C29H52N10O5Si.C29H44N4O4Si/c1-6-37-25-29-42(30-26-37)51-46(54)44(52-47(55)45(36-38-18-10-7-11-19-38)53-48(56)58-34-35-59(3,4)5)24-16-17-33-50-49(39-20-12-8-13-21-39,40-22-14-9-15-23-40)41-27-31-43(57-2)32-28-41;1-6-20-11-13-21(14-12-20)37-25(41)22(9-7-15-34-27(30)31)39-26(42)23(10-8-16-35-28(32)33)38-24(40)19(2)36-29(43)44-17-18-45(3,4)5;1-5-22-14-16-24(17-15-22)31-27(34)25(13-9-10-18-30)32-28(35)26(21-23-11-7-6-8-12-23)33-29(36)37-19-20-38(2,3)4/h7-15,18-23,25-32,44-45,50H,6,16-17,24,33-36H2,1-5H3,(H,51,54)(H,52,55)(H,53,56);11-14,19,22-23H,6-10,15-18H2,1-5H3,(H,36,43)(H,37,41)(H,38,40)(H,39,42)(H4,30,31,34)(H4,32,33,35);6-8,11-12,14-17,25-26H,5,9-10,13,18-21,30H2,1-4H3,(H,31,34)(H,32,35)(H,33,36)/t44-,45-;19-,22-,23+;25-,26-/m000/s1. The van der Waals surface area contributed by atoms with E-state index in [0.717, 1.165) is 88.5 Å². The van der Waals surface area contributed by atoms with Gasteiger partial charge in [0.05, 0.1) is 32.5 Å². The largest absolute Gasteiger partial charge is 0.497 e. The summed E-state index contributed by atoms with van der Waals surface area (Å²) in [5.41, 5.74) is 36.9. The number of guanidine groups is 2. The molecule has 0 heterocycles. The van der Waals surface area contributed by atoms with Crippen molar-refractivity contribution in [1.29, 1.82) is 0 Å². The van der Waals surface area contributed by atoms with E-state index in [1.165, 1.54) is 12.5 Å². The van der Waals surface area contributed by atoms with Gasteiger partial charge >= 0.3 is 18.3 Å². The van der Waals surface area contributed by atoms with Gasteiger partial charge in [-0.2, -0.15) is 0 Å². The van der Waals surface area contributed by atoms with E-state index in [-0.39, 0.29) is 75.7 Å². The van der Waals surface area contributed by atoms with Crippen molar-refractivity contribution < 1.29 is 66.9 Å². The third kappa shape index (κ3) is 45.6. The number of nitrogens with two attached hydrogens (primary N) is 5. The topological polar surface area (TPSA) is 495 Å². The fraction of sp³-hybridized carbons (Fsp3) is 0.439. The van der Waals surface area contributed by atoms with E-state index >= 15 is 0 Å². The van der Waals surface area contributed by atoms with Crippen molar-refractivity contribution in [3.63, 3.8) is 0 Å². The van der Waals surface area contributed by atoms with Gasteiger partial charge in [0, 0.05) is 67.2 Å². The number of anilines is 3. The van der Waals surface area contributed by atoms with Crippen LogP contribution in [0.25, 0.3) is 0 Å². The molecule has 10 amide bonds. The van der Waals surface area contributed by atoms with Crippen molar-refractivity contribution in [1.82, 2.24) is 42.5 Å². The molecular weight excluding hydrogens is 1850 g/mol. The molecular formula is C107H156N18O14Si3. The maximum Gasteiger partial charge on any atom is 0.407 e.